The summed E-state index contributed by atoms with van der Waals surface area (Å²) in [6.07, 6.45) is -0.430. The minimum atomic E-state index is -0.430. The van der Waals surface area contributed by atoms with Crippen LogP contribution in [-0.2, 0) is 9.47 Å². The summed E-state index contributed by atoms with van der Waals surface area (Å²) in [5.41, 5.74) is 0. The predicted molar refractivity (Wildman–Crippen MR) is 66.6 cm³/mol. The molecule has 0 aliphatic heterocycles. The average Bonchev–Trinajstić information content (AvgIpc) is 2.30. The van der Waals surface area contributed by atoms with Crippen LogP contribution in [0.25, 0.3) is 0 Å². The Labute approximate surface area is 109 Å². The van der Waals surface area contributed by atoms with Crippen LogP contribution < -0.4 is 4.74 Å². The van der Waals surface area contributed by atoms with Crippen LogP contribution in [0.3, 0.4) is 0 Å². The Morgan fingerprint density at radius 1 is 1.24 bits per heavy atom. The molecule has 0 heterocycles. The molecule has 0 aliphatic carbocycles. The highest BCUT2D eigenvalue weighted by Gasteiger charge is 2.10. The van der Waals surface area contributed by atoms with Crippen molar-refractivity contribution in [2.24, 2.45) is 0 Å². The summed E-state index contributed by atoms with van der Waals surface area (Å²) in [6.45, 7) is 5.06. The molecule has 0 fully saturated rings. The molecule has 0 saturated carbocycles. The summed E-state index contributed by atoms with van der Waals surface area (Å²) in [4.78, 5) is 0. The lowest BCUT2D eigenvalue weighted by atomic mass is 10.3. The fraction of sp³-hybridized carbons (Fsp3) is 0.500. The van der Waals surface area contributed by atoms with Gasteiger partial charge in [-0.05, 0) is 41.9 Å². The normalized spacial score (nSPS) is 10.9. The van der Waals surface area contributed by atoms with Gasteiger partial charge in [0, 0.05) is 19.3 Å². The van der Waals surface area contributed by atoms with Crippen molar-refractivity contribution in [2.75, 3.05) is 19.8 Å². The Balaban J connectivity index is 2.55. The van der Waals surface area contributed by atoms with E-state index in [9.17, 15) is 4.39 Å². The first kappa shape index (κ1) is 14.4. The zero-order chi connectivity index (χ0) is 12.7. The van der Waals surface area contributed by atoms with Gasteiger partial charge >= 0.3 is 0 Å². The van der Waals surface area contributed by atoms with Crippen LogP contribution in [0.4, 0.5) is 4.39 Å². The Kier molecular flexibility index (Phi) is 6.47. The smallest absolute Gasteiger partial charge is 0.191 e. The zero-order valence-corrected chi connectivity index (χ0v) is 11.5. The molecule has 1 aromatic carbocycles. The monoisotopic (exact) mass is 306 g/mol. The summed E-state index contributed by atoms with van der Waals surface area (Å²) in [7, 11) is 0. The summed E-state index contributed by atoms with van der Waals surface area (Å²) >= 11 is 3.29. The van der Waals surface area contributed by atoms with Crippen LogP contribution in [0.1, 0.15) is 13.8 Å². The van der Waals surface area contributed by atoms with Gasteiger partial charge in [0.25, 0.3) is 0 Å². The van der Waals surface area contributed by atoms with E-state index in [-0.39, 0.29) is 12.4 Å². The van der Waals surface area contributed by atoms with Gasteiger partial charge < -0.3 is 14.2 Å². The molecule has 3 nitrogen and oxygen atoms in total. The molecule has 96 valence electrons. The highest BCUT2D eigenvalue weighted by Crippen LogP contribution is 2.25. The number of ether oxygens (including phenoxy) is 3. The highest BCUT2D eigenvalue weighted by molar-refractivity contribution is 9.10. The van der Waals surface area contributed by atoms with Gasteiger partial charge in [-0.15, -0.1) is 0 Å². The third-order valence-electron chi connectivity index (χ3n) is 1.97. The van der Waals surface area contributed by atoms with E-state index in [0.29, 0.717) is 23.4 Å². The molecule has 0 aromatic heterocycles. The highest BCUT2D eigenvalue weighted by atomic mass is 79.9. The molecule has 0 N–H and O–H groups in total. The first-order chi connectivity index (χ1) is 8.17. The lowest BCUT2D eigenvalue weighted by Crippen LogP contribution is -2.25. The number of hydrogen-bond donors (Lipinski definition) is 0. The Bertz CT molecular complexity index is 341. The molecule has 0 aliphatic rings. The van der Waals surface area contributed by atoms with Crippen molar-refractivity contribution in [3.05, 3.63) is 28.5 Å². The second-order valence-electron chi connectivity index (χ2n) is 3.23. The Morgan fingerprint density at radius 3 is 2.47 bits per heavy atom. The molecule has 0 saturated heterocycles. The second-order valence-corrected chi connectivity index (χ2v) is 4.08. The quantitative estimate of drug-likeness (QED) is 0.723. The van der Waals surface area contributed by atoms with E-state index in [1.54, 1.807) is 6.07 Å². The minimum absolute atomic E-state index is 0.226. The van der Waals surface area contributed by atoms with E-state index in [2.05, 4.69) is 15.9 Å². The largest absolute Gasteiger partial charge is 0.487 e. The molecule has 0 amide bonds. The molecular formula is C12H16BrFO3. The number of halogens is 2. The molecule has 5 heteroatoms. The minimum Gasteiger partial charge on any atom is -0.487 e. The lowest BCUT2D eigenvalue weighted by molar-refractivity contribution is -0.152. The van der Waals surface area contributed by atoms with Gasteiger partial charge in [0.05, 0.1) is 4.47 Å². The van der Waals surface area contributed by atoms with Crippen molar-refractivity contribution in [1.82, 2.24) is 0 Å². The third-order valence-corrected chi connectivity index (χ3v) is 2.63. The van der Waals surface area contributed by atoms with Gasteiger partial charge in [-0.25, -0.2) is 4.39 Å². The van der Waals surface area contributed by atoms with Gasteiger partial charge in [0.2, 0.25) is 0 Å². The maximum absolute atomic E-state index is 13.0. The van der Waals surface area contributed by atoms with E-state index in [4.69, 9.17) is 14.2 Å². The fourth-order valence-electron chi connectivity index (χ4n) is 1.26. The van der Waals surface area contributed by atoms with Gasteiger partial charge in [0.15, 0.2) is 6.29 Å². The second kappa shape index (κ2) is 7.63. The topological polar surface area (TPSA) is 27.7 Å². The van der Waals surface area contributed by atoms with E-state index in [1.807, 2.05) is 13.8 Å². The van der Waals surface area contributed by atoms with Crippen LogP contribution in [0.15, 0.2) is 22.7 Å². The van der Waals surface area contributed by atoms with E-state index in [1.165, 1.54) is 12.1 Å². The summed E-state index contributed by atoms with van der Waals surface area (Å²) < 4.78 is 29.8. The first-order valence-electron chi connectivity index (χ1n) is 5.48. The number of benzene rings is 1. The summed E-state index contributed by atoms with van der Waals surface area (Å²) in [5, 5.41) is 0. The average molecular weight is 307 g/mol. The van der Waals surface area contributed by atoms with Crippen molar-refractivity contribution < 1.29 is 18.6 Å². The maximum atomic E-state index is 13.0. The fourth-order valence-corrected chi connectivity index (χ4v) is 1.62. The van der Waals surface area contributed by atoms with Crippen molar-refractivity contribution in [2.45, 2.75) is 20.1 Å². The van der Waals surface area contributed by atoms with Gasteiger partial charge in [-0.1, -0.05) is 0 Å². The molecule has 0 atom stereocenters. The molecule has 0 bridgehead atoms. The van der Waals surface area contributed by atoms with Crippen molar-refractivity contribution in [3.63, 3.8) is 0 Å². The first-order valence-corrected chi connectivity index (χ1v) is 6.27. The number of hydrogen-bond acceptors (Lipinski definition) is 3. The van der Waals surface area contributed by atoms with E-state index < -0.39 is 6.29 Å². The van der Waals surface area contributed by atoms with Crippen molar-refractivity contribution >= 4 is 15.9 Å². The van der Waals surface area contributed by atoms with Crippen molar-refractivity contribution in [3.8, 4) is 5.75 Å². The molecule has 1 aromatic rings. The Hall–Kier alpha value is -0.650. The van der Waals surface area contributed by atoms with Gasteiger partial charge in [-0.2, -0.15) is 0 Å². The maximum Gasteiger partial charge on any atom is 0.191 e. The summed E-state index contributed by atoms with van der Waals surface area (Å²) in [6, 6.07) is 4.28. The molecular weight excluding hydrogens is 291 g/mol. The van der Waals surface area contributed by atoms with E-state index >= 15 is 0 Å². The van der Waals surface area contributed by atoms with Crippen LogP contribution >= 0.6 is 15.9 Å². The Morgan fingerprint density at radius 2 is 1.88 bits per heavy atom. The lowest BCUT2D eigenvalue weighted by Gasteiger charge is -2.17. The van der Waals surface area contributed by atoms with Gasteiger partial charge in [0.1, 0.15) is 18.2 Å². The summed E-state index contributed by atoms with van der Waals surface area (Å²) in [5.74, 6) is 0.0991. The van der Waals surface area contributed by atoms with Crippen LogP contribution in [0, 0.1) is 5.82 Å². The van der Waals surface area contributed by atoms with Gasteiger partial charge in [-0.3, -0.25) is 0 Å². The number of rotatable bonds is 7. The molecule has 1 rings (SSSR count). The molecule has 17 heavy (non-hydrogen) atoms. The van der Waals surface area contributed by atoms with Crippen molar-refractivity contribution in [1.29, 1.82) is 0 Å². The predicted octanol–water partition coefficient (Wildman–Crippen LogP) is 3.37. The SMILES string of the molecule is CCOC(COc1cc(F)ccc1Br)OCC. The molecule has 0 radical (unpaired) electrons. The van der Waals surface area contributed by atoms with Crippen LogP contribution in [-0.4, -0.2) is 26.1 Å². The van der Waals surface area contributed by atoms with Crippen LogP contribution in [0.5, 0.6) is 5.75 Å². The zero-order valence-electron chi connectivity index (χ0n) is 9.91. The molecule has 0 unspecified atom stereocenters. The molecule has 0 spiro atoms. The van der Waals surface area contributed by atoms with Crippen LogP contribution in [0.2, 0.25) is 0 Å². The standard InChI is InChI=1S/C12H16BrFO3/c1-3-15-12(16-4-2)8-17-11-7-9(14)5-6-10(11)13/h5-7,12H,3-4,8H2,1-2H3. The van der Waals surface area contributed by atoms with E-state index in [0.717, 1.165) is 0 Å². The third kappa shape index (κ3) is 5.02.